The minimum atomic E-state index is -0.259. The molecule has 0 spiro atoms. The second-order valence-electron chi connectivity index (χ2n) is 3.69. The average Bonchev–Trinajstić information content (AvgIpc) is 2.35. The fraction of sp³-hybridized carbons (Fsp3) is 0.0769. The van der Waals surface area contributed by atoms with Gasteiger partial charge in [0, 0.05) is 11.9 Å². The summed E-state index contributed by atoms with van der Waals surface area (Å²) >= 11 is 11.9. The lowest BCUT2D eigenvalue weighted by molar-refractivity contribution is 0.102. The summed E-state index contributed by atoms with van der Waals surface area (Å²) in [6.07, 6.45) is 1.64. The van der Waals surface area contributed by atoms with Gasteiger partial charge in [0.2, 0.25) is 0 Å². The maximum atomic E-state index is 12.0. The number of aryl methyl sites for hydroxylation is 1. The molecule has 0 aliphatic rings. The third kappa shape index (κ3) is 2.63. The molecule has 1 aromatic carbocycles. The van der Waals surface area contributed by atoms with Crippen molar-refractivity contribution in [3.63, 3.8) is 0 Å². The Morgan fingerprint density at radius 3 is 2.72 bits per heavy atom. The van der Waals surface area contributed by atoms with Crippen LogP contribution >= 0.6 is 23.2 Å². The number of anilines is 1. The molecule has 1 amide bonds. The van der Waals surface area contributed by atoms with E-state index in [1.54, 1.807) is 43.5 Å². The van der Waals surface area contributed by atoms with E-state index in [0.29, 0.717) is 27.0 Å². The maximum absolute atomic E-state index is 12.0. The molecule has 0 unspecified atom stereocenters. The largest absolute Gasteiger partial charge is 0.321 e. The molecule has 1 aromatic heterocycles. The molecule has 2 rings (SSSR count). The molecule has 0 saturated heterocycles. The number of benzene rings is 1. The first-order valence-corrected chi connectivity index (χ1v) is 6.02. The van der Waals surface area contributed by atoms with Crippen molar-refractivity contribution < 1.29 is 4.79 Å². The van der Waals surface area contributed by atoms with Gasteiger partial charge in [-0.25, -0.2) is 0 Å². The minimum Gasteiger partial charge on any atom is -0.321 e. The van der Waals surface area contributed by atoms with Crippen molar-refractivity contribution >= 4 is 34.8 Å². The molecule has 1 N–H and O–H groups in total. The normalized spacial score (nSPS) is 10.2. The first-order chi connectivity index (χ1) is 8.59. The van der Waals surface area contributed by atoms with E-state index in [0.717, 1.165) is 0 Å². The van der Waals surface area contributed by atoms with Crippen molar-refractivity contribution in [3.05, 3.63) is 57.8 Å². The van der Waals surface area contributed by atoms with Crippen molar-refractivity contribution in [2.45, 2.75) is 6.92 Å². The summed E-state index contributed by atoms with van der Waals surface area (Å²) in [6, 6.07) is 8.49. The number of nitrogens with one attached hydrogen (secondary N) is 1. The van der Waals surface area contributed by atoms with Crippen LogP contribution in [0.15, 0.2) is 36.5 Å². The highest BCUT2D eigenvalue weighted by atomic mass is 35.5. The summed E-state index contributed by atoms with van der Waals surface area (Å²) in [5.41, 5.74) is 1.65. The van der Waals surface area contributed by atoms with E-state index in [1.165, 1.54) is 0 Å². The number of hydrogen-bond donors (Lipinski definition) is 1. The molecule has 1 heterocycles. The van der Waals surface area contributed by atoms with E-state index in [-0.39, 0.29) is 5.91 Å². The fourth-order valence-electron chi connectivity index (χ4n) is 1.51. The predicted molar refractivity (Wildman–Crippen MR) is 73.4 cm³/mol. The SMILES string of the molecule is Cc1ncccc1C(=O)Nc1cccc(Cl)c1Cl. The fourth-order valence-corrected chi connectivity index (χ4v) is 1.86. The van der Waals surface area contributed by atoms with Gasteiger partial charge in [0.25, 0.3) is 5.91 Å². The number of hydrogen-bond acceptors (Lipinski definition) is 2. The molecule has 0 aliphatic carbocycles. The summed E-state index contributed by atoms with van der Waals surface area (Å²) in [5.74, 6) is -0.259. The summed E-state index contributed by atoms with van der Waals surface area (Å²) in [4.78, 5) is 16.1. The van der Waals surface area contributed by atoms with Gasteiger partial charge in [-0.3, -0.25) is 9.78 Å². The number of carbonyl (C=O) groups excluding carboxylic acids is 1. The molecular formula is C13H10Cl2N2O. The first-order valence-electron chi connectivity index (χ1n) is 5.26. The van der Waals surface area contributed by atoms with Crippen molar-refractivity contribution in [2.75, 3.05) is 5.32 Å². The summed E-state index contributed by atoms with van der Waals surface area (Å²) in [5, 5.41) is 3.44. The lowest BCUT2D eigenvalue weighted by Gasteiger charge is -2.09. The number of rotatable bonds is 2. The van der Waals surface area contributed by atoms with Gasteiger partial charge in [0.15, 0.2) is 0 Å². The zero-order valence-corrected chi connectivity index (χ0v) is 11.1. The first kappa shape index (κ1) is 12.9. The second kappa shape index (κ2) is 5.38. The molecule has 0 radical (unpaired) electrons. The van der Waals surface area contributed by atoms with E-state index in [1.807, 2.05) is 0 Å². The molecule has 5 heteroatoms. The molecule has 3 nitrogen and oxygen atoms in total. The topological polar surface area (TPSA) is 42.0 Å². The molecule has 18 heavy (non-hydrogen) atoms. The Morgan fingerprint density at radius 1 is 1.22 bits per heavy atom. The summed E-state index contributed by atoms with van der Waals surface area (Å²) < 4.78 is 0. The van der Waals surface area contributed by atoms with Gasteiger partial charge in [-0.05, 0) is 31.2 Å². The van der Waals surface area contributed by atoms with Crippen LogP contribution in [0.5, 0.6) is 0 Å². The third-order valence-electron chi connectivity index (χ3n) is 2.45. The van der Waals surface area contributed by atoms with Gasteiger partial charge in [-0.15, -0.1) is 0 Å². The van der Waals surface area contributed by atoms with Gasteiger partial charge in [-0.2, -0.15) is 0 Å². The Labute approximate surface area is 115 Å². The van der Waals surface area contributed by atoms with E-state index < -0.39 is 0 Å². The number of nitrogens with zero attached hydrogens (tertiary/aromatic N) is 1. The number of carbonyl (C=O) groups is 1. The number of amides is 1. The van der Waals surface area contributed by atoms with Crippen molar-refractivity contribution in [3.8, 4) is 0 Å². The Balaban J connectivity index is 2.27. The highest BCUT2D eigenvalue weighted by Gasteiger charge is 2.12. The highest BCUT2D eigenvalue weighted by molar-refractivity contribution is 6.44. The van der Waals surface area contributed by atoms with Gasteiger partial charge in [0.1, 0.15) is 0 Å². The van der Waals surface area contributed by atoms with Gasteiger partial charge in [0.05, 0.1) is 21.3 Å². The van der Waals surface area contributed by atoms with E-state index in [4.69, 9.17) is 23.2 Å². The van der Waals surface area contributed by atoms with E-state index in [9.17, 15) is 4.79 Å². The van der Waals surface area contributed by atoms with Gasteiger partial charge >= 0.3 is 0 Å². The Morgan fingerprint density at radius 2 is 2.00 bits per heavy atom. The highest BCUT2D eigenvalue weighted by Crippen LogP contribution is 2.29. The molecule has 0 bridgehead atoms. The molecule has 92 valence electrons. The lowest BCUT2D eigenvalue weighted by Crippen LogP contribution is -2.14. The molecular weight excluding hydrogens is 271 g/mol. The summed E-state index contributed by atoms with van der Waals surface area (Å²) in [7, 11) is 0. The molecule has 0 fully saturated rings. The summed E-state index contributed by atoms with van der Waals surface area (Å²) in [6.45, 7) is 1.77. The Bertz CT molecular complexity index is 599. The lowest BCUT2D eigenvalue weighted by atomic mass is 10.2. The second-order valence-corrected chi connectivity index (χ2v) is 4.48. The average molecular weight is 281 g/mol. The van der Waals surface area contributed by atoms with Crippen molar-refractivity contribution in [2.24, 2.45) is 0 Å². The molecule has 0 atom stereocenters. The van der Waals surface area contributed by atoms with Gasteiger partial charge in [-0.1, -0.05) is 29.3 Å². The number of aromatic nitrogens is 1. The predicted octanol–water partition coefficient (Wildman–Crippen LogP) is 3.95. The van der Waals surface area contributed by atoms with Crippen LogP contribution in [0.25, 0.3) is 0 Å². The number of pyridine rings is 1. The van der Waals surface area contributed by atoms with Crippen LogP contribution in [-0.2, 0) is 0 Å². The molecule has 0 saturated carbocycles. The third-order valence-corrected chi connectivity index (χ3v) is 3.27. The molecule has 0 aliphatic heterocycles. The van der Waals surface area contributed by atoms with Crippen LogP contribution in [0.1, 0.15) is 16.1 Å². The minimum absolute atomic E-state index is 0.259. The van der Waals surface area contributed by atoms with E-state index in [2.05, 4.69) is 10.3 Å². The molecule has 2 aromatic rings. The monoisotopic (exact) mass is 280 g/mol. The number of halogens is 2. The van der Waals surface area contributed by atoms with E-state index >= 15 is 0 Å². The zero-order chi connectivity index (χ0) is 13.1. The van der Waals surface area contributed by atoms with Crippen LogP contribution in [0.3, 0.4) is 0 Å². The van der Waals surface area contributed by atoms with Crippen LogP contribution in [-0.4, -0.2) is 10.9 Å². The Hall–Kier alpha value is -1.58. The Kier molecular flexibility index (Phi) is 3.84. The van der Waals surface area contributed by atoms with Crippen LogP contribution in [0.4, 0.5) is 5.69 Å². The quantitative estimate of drug-likeness (QED) is 0.905. The van der Waals surface area contributed by atoms with Crippen LogP contribution < -0.4 is 5.32 Å². The van der Waals surface area contributed by atoms with Crippen molar-refractivity contribution in [1.29, 1.82) is 0 Å². The maximum Gasteiger partial charge on any atom is 0.257 e. The smallest absolute Gasteiger partial charge is 0.257 e. The van der Waals surface area contributed by atoms with Gasteiger partial charge < -0.3 is 5.32 Å². The van der Waals surface area contributed by atoms with Crippen molar-refractivity contribution in [1.82, 2.24) is 4.98 Å². The zero-order valence-electron chi connectivity index (χ0n) is 9.58. The van der Waals surface area contributed by atoms with Crippen LogP contribution in [0, 0.1) is 6.92 Å². The van der Waals surface area contributed by atoms with Crippen LogP contribution in [0.2, 0.25) is 10.0 Å². The standard InChI is InChI=1S/C13H10Cl2N2O/c1-8-9(4-3-7-16-8)13(18)17-11-6-2-5-10(14)12(11)15/h2-7H,1H3,(H,17,18).